The number of rotatable bonds is 10. The van der Waals surface area contributed by atoms with Crippen LogP contribution in [0.3, 0.4) is 0 Å². The van der Waals surface area contributed by atoms with Crippen molar-refractivity contribution in [1.29, 1.82) is 0 Å². The van der Waals surface area contributed by atoms with E-state index in [0.717, 1.165) is 30.1 Å². The first-order valence-electron chi connectivity index (χ1n) is 11.2. The van der Waals surface area contributed by atoms with Gasteiger partial charge in [-0.2, -0.15) is 0 Å². The van der Waals surface area contributed by atoms with Crippen molar-refractivity contribution in [1.82, 2.24) is 0 Å². The molecule has 1 heterocycles. The van der Waals surface area contributed by atoms with E-state index >= 15 is 0 Å². The molecule has 1 fully saturated rings. The summed E-state index contributed by atoms with van der Waals surface area (Å²) in [6, 6.07) is 8.56. The van der Waals surface area contributed by atoms with Crippen molar-refractivity contribution in [3.63, 3.8) is 0 Å². The molecule has 1 saturated heterocycles. The summed E-state index contributed by atoms with van der Waals surface area (Å²) in [7, 11) is -1.82. The van der Waals surface area contributed by atoms with Crippen LogP contribution < -0.4 is 4.43 Å². The van der Waals surface area contributed by atoms with Gasteiger partial charge in [0.25, 0.3) is 0 Å². The molecule has 1 atom stereocenters. The Hall–Kier alpha value is -0.433. The summed E-state index contributed by atoms with van der Waals surface area (Å²) in [5.41, 5.74) is 1.30. The Morgan fingerprint density at radius 1 is 1.20 bits per heavy atom. The zero-order chi connectivity index (χ0) is 22.4. The molecule has 6 heteroatoms. The predicted molar refractivity (Wildman–Crippen MR) is 135 cm³/mol. The lowest BCUT2D eigenvalue weighted by Crippen LogP contribution is -2.43. The smallest absolute Gasteiger partial charge is 0.250 e. The molecule has 1 N–H and O–H groups in total. The van der Waals surface area contributed by atoms with E-state index in [0.29, 0.717) is 19.3 Å². The van der Waals surface area contributed by atoms with Gasteiger partial charge in [0.2, 0.25) is 8.32 Å². The van der Waals surface area contributed by atoms with E-state index < -0.39 is 14.4 Å². The number of aryl methyl sites for hydroxylation is 1. The Kier molecular flexibility index (Phi) is 9.41. The van der Waals surface area contributed by atoms with Crippen molar-refractivity contribution >= 4 is 37.6 Å². The molecule has 170 valence electrons. The molecule has 0 spiro atoms. The number of thioether (sulfide) groups is 2. The average molecular weight is 469 g/mol. The fourth-order valence-corrected chi connectivity index (χ4v) is 7.63. The molecule has 0 aromatic heterocycles. The van der Waals surface area contributed by atoms with Crippen molar-refractivity contribution in [3.05, 3.63) is 29.8 Å². The number of ketones is 1. The van der Waals surface area contributed by atoms with Gasteiger partial charge in [0.05, 0.1) is 10.2 Å². The lowest BCUT2D eigenvalue weighted by atomic mass is 10.0. The van der Waals surface area contributed by atoms with Crippen LogP contribution >= 0.6 is 23.5 Å². The SMILES string of the molecule is CC[C@@H](O)CC(=O)CC1(CCc2ccc(O[Si](C)(C)C(C)(C)C)cc2)SCCCS1. The van der Waals surface area contributed by atoms with Crippen molar-refractivity contribution in [3.8, 4) is 5.75 Å². The van der Waals surface area contributed by atoms with E-state index in [1.807, 2.05) is 30.4 Å². The first-order valence-corrected chi connectivity index (χ1v) is 16.1. The molecule has 1 aromatic rings. The highest BCUT2D eigenvalue weighted by Gasteiger charge is 2.39. The van der Waals surface area contributed by atoms with Crippen LogP contribution in [0.25, 0.3) is 0 Å². The van der Waals surface area contributed by atoms with Crippen molar-refractivity contribution < 1.29 is 14.3 Å². The van der Waals surface area contributed by atoms with E-state index in [1.165, 1.54) is 12.0 Å². The van der Waals surface area contributed by atoms with Gasteiger partial charge in [-0.25, -0.2) is 0 Å². The van der Waals surface area contributed by atoms with Gasteiger partial charge >= 0.3 is 0 Å². The highest BCUT2D eigenvalue weighted by molar-refractivity contribution is 8.18. The maximum Gasteiger partial charge on any atom is 0.250 e. The predicted octanol–water partition coefficient (Wildman–Crippen LogP) is 6.69. The molecule has 0 radical (unpaired) electrons. The summed E-state index contributed by atoms with van der Waals surface area (Å²) in [5.74, 6) is 3.40. The van der Waals surface area contributed by atoms with Crippen molar-refractivity contribution in [2.45, 2.75) is 94.5 Å². The normalized spacial score (nSPS) is 18.1. The lowest BCUT2D eigenvalue weighted by molar-refractivity contribution is -0.121. The van der Waals surface area contributed by atoms with Gasteiger partial charge in [-0.1, -0.05) is 39.8 Å². The lowest BCUT2D eigenvalue weighted by Gasteiger charge is -2.36. The van der Waals surface area contributed by atoms with Crippen LogP contribution in [0.5, 0.6) is 5.75 Å². The minimum atomic E-state index is -1.82. The molecule has 30 heavy (non-hydrogen) atoms. The molecule has 0 amide bonds. The van der Waals surface area contributed by atoms with Crippen LogP contribution in [-0.4, -0.2) is 40.9 Å². The van der Waals surface area contributed by atoms with E-state index in [2.05, 4.69) is 58.1 Å². The maximum atomic E-state index is 12.6. The minimum absolute atomic E-state index is 0.0426. The van der Waals surface area contributed by atoms with Crippen molar-refractivity contribution in [2.24, 2.45) is 0 Å². The van der Waals surface area contributed by atoms with Gasteiger partial charge in [0, 0.05) is 12.8 Å². The monoisotopic (exact) mass is 468 g/mol. The number of hydrogen-bond acceptors (Lipinski definition) is 5. The van der Waals surface area contributed by atoms with E-state index in [9.17, 15) is 9.90 Å². The van der Waals surface area contributed by atoms with Gasteiger partial charge in [-0.3, -0.25) is 4.79 Å². The molecule has 0 aliphatic carbocycles. The fourth-order valence-electron chi connectivity index (χ4n) is 3.24. The largest absolute Gasteiger partial charge is 0.544 e. The van der Waals surface area contributed by atoms with Crippen LogP contribution in [0.1, 0.15) is 65.4 Å². The standard InChI is InChI=1S/C24H40O3S2Si/c1-7-20(25)17-21(26)18-24(28-15-8-16-29-24)14-13-19-9-11-22(12-10-19)27-30(5,6)23(2,3)4/h9-12,20,25H,7-8,13-18H2,1-6H3/t20-/m1/s1. The minimum Gasteiger partial charge on any atom is -0.544 e. The number of aliphatic hydroxyl groups is 1. The second-order valence-electron chi connectivity index (χ2n) is 9.95. The quantitative estimate of drug-likeness (QED) is 0.388. The Morgan fingerprint density at radius 2 is 1.80 bits per heavy atom. The molecule has 3 nitrogen and oxygen atoms in total. The number of aliphatic hydroxyl groups excluding tert-OH is 1. The molecular formula is C24H40O3S2Si. The molecular weight excluding hydrogens is 428 g/mol. The van der Waals surface area contributed by atoms with Gasteiger partial charge < -0.3 is 9.53 Å². The van der Waals surface area contributed by atoms with E-state index in [-0.39, 0.29) is 14.9 Å². The van der Waals surface area contributed by atoms with E-state index in [4.69, 9.17) is 4.43 Å². The third kappa shape index (κ3) is 7.61. The Morgan fingerprint density at radius 3 is 2.33 bits per heavy atom. The molecule has 1 aromatic carbocycles. The fraction of sp³-hybridized carbons (Fsp3) is 0.708. The summed E-state index contributed by atoms with van der Waals surface area (Å²) >= 11 is 3.90. The Balaban J connectivity index is 1.99. The van der Waals surface area contributed by atoms with Gasteiger partial charge in [0.15, 0.2) is 0 Å². The molecule has 0 bridgehead atoms. The second kappa shape index (κ2) is 10.9. The van der Waals surface area contributed by atoms with Gasteiger partial charge in [0.1, 0.15) is 11.5 Å². The Bertz CT molecular complexity index is 677. The second-order valence-corrected chi connectivity index (χ2v) is 17.9. The summed E-state index contributed by atoms with van der Waals surface area (Å²) in [4.78, 5) is 12.6. The number of carbonyl (C=O) groups is 1. The highest BCUT2D eigenvalue weighted by atomic mass is 32.2. The maximum absolute atomic E-state index is 12.6. The molecule has 1 aliphatic rings. The zero-order valence-electron chi connectivity index (χ0n) is 19.6. The van der Waals surface area contributed by atoms with Gasteiger partial charge in [-0.05, 0) is 73.0 Å². The number of Topliss-reactive ketones (excluding diaryl/α,β-unsaturated/α-hetero) is 1. The zero-order valence-corrected chi connectivity index (χ0v) is 22.3. The number of hydrogen-bond donors (Lipinski definition) is 1. The summed E-state index contributed by atoms with van der Waals surface area (Å²) in [6.45, 7) is 13.2. The Labute approximate surface area is 193 Å². The molecule has 1 aliphatic heterocycles. The van der Waals surface area contributed by atoms with Crippen LogP contribution in [-0.2, 0) is 11.2 Å². The topological polar surface area (TPSA) is 46.5 Å². The molecule has 2 rings (SSSR count). The summed E-state index contributed by atoms with van der Waals surface area (Å²) in [6.07, 6.45) is 4.15. The van der Waals surface area contributed by atoms with Crippen LogP contribution in [0.15, 0.2) is 24.3 Å². The summed E-state index contributed by atoms with van der Waals surface area (Å²) < 4.78 is 6.36. The van der Waals surface area contributed by atoms with Gasteiger partial charge in [-0.15, -0.1) is 23.5 Å². The third-order valence-electron chi connectivity index (χ3n) is 6.32. The first-order chi connectivity index (χ1) is 14.0. The number of carbonyl (C=O) groups excluding carboxylic acids is 1. The molecule has 0 saturated carbocycles. The average Bonchev–Trinajstić information content (AvgIpc) is 2.67. The van der Waals surface area contributed by atoms with Crippen molar-refractivity contribution in [2.75, 3.05) is 11.5 Å². The molecule has 0 unspecified atom stereocenters. The van der Waals surface area contributed by atoms with Crippen LogP contribution in [0.4, 0.5) is 0 Å². The summed E-state index contributed by atoms with van der Waals surface area (Å²) in [5, 5.41) is 10.0. The van der Waals surface area contributed by atoms with Crippen LogP contribution in [0.2, 0.25) is 18.1 Å². The van der Waals surface area contributed by atoms with E-state index in [1.54, 1.807) is 0 Å². The first kappa shape index (κ1) is 25.8. The number of benzene rings is 1. The highest BCUT2D eigenvalue weighted by Crippen LogP contribution is 2.48. The third-order valence-corrected chi connectivity index (χ3v) is 14.1. The van der Waals surface area contributed by atoms with Crippen LogP contribution in [0, 0.1) is 0 Å².